The van der Waals surface area contributed by atoms with Gasteiger partial charge in [-0.1, -0.05) is 0 Å². The number of ether oxygens (including phenoxy) is 1. The first kappa shape index (κ1) is 18.7. The highest BCUT2D eigenvalue weighted by molar-refractivity contribution is 8.93. The van der Waals surface area contributed by atoms with Crippen LogP contribution in [0.1, 0.15) is 54.2 Å². The molecule has 1 aromatic heterocycles. The largest absolute Gasteiger partial charge is 0.497 e. The third kappa shape index (κ3) is 3.35. The maximum atomic E-state index is 12.8. The fourth-order valence-electron chi connectivity index (χ4n) is 6.12. The molecule has 0 aliphatic heterocycles. The van der Waals surface area contributed by atoms with Gasteiger partial charge < -0.3 is 9.30 Å². The molecule has 0 spiro atoms. The smallest absolute Gasteiger partial charge is 0.182 e. The topological polar surface area (TPSA) is 44.1 Å². The van der Waals surface area contributed by atoms with Crippen molar-refractivity contribution in [3.63, 3.8) is 0 Å². The van der Waals surface area contributed by atoms with Crippen LogP contribution in [0.15, 0.2) is 36.7 Å². The molecular formula is C22H27BrN2O2. The van der Waals surface area contributed by atoms with E-state index in [9.17, 15) is 4.79 Å². The summed E-state index contributed by atoms with van der Waals surface area (Å²) in [5.74, 6) is 6.10. The predicted octanol–water partition coefficient (Wildman–Crippen LogP) is 4.89. The number of halogens is 1. The Bertz CT molecular complexity index is 786. The van der Waals surface area contributed by atoms with E-state index in [0.29, 0.717) is 12.5 Å². The maximum absolute atomic E-state index is 12.8. The van der Waals surface area contributed by atoms with Crippen LogP contribution in [-0.4, -0.2) is 22.4 Å². The summed E-state index contributed by atoms with van der Waals surface area (Å²) in [7, 11) is 1.64. The van der Waals surface area contributed by atoms with Crippen LogP contribution in [0.5, 0.6) is 5.75 Å². The summed E-state index contributed by atoms with van der Waals surface area (Å²) in [6.45, 7) is 0.379. The van der Waals surface area contributed by atoms with Gasteiger partial charge in [0.2, 0.25) is 0 Å². The average molecular weight is 431 g/mol. The molecule has 4 aliphatic rings. The summed E-state index contributed by atoms with van der Waals surface area (Å²) in [5.41, 5.74) is 0.732. The highest BCUT2D eigenvalue weighted by Crippen LogP contribution is 2.59. The van der Waals surface area contributed by atoms with E-state index in [-0.39, 0.29) is 22.8 Å². The lowest BCUT2D eigenvalue weighted by molar-refractivity contribution is -0.00671. The van der Waals surface area contributed by atoms with E-state index in [4.69, 9.17) is 9.72 Å². The lowest BCUT2D eigenvalue weighted by Crippen LogP contribution is -2.44. The minimum absolute atomic E-state index is 0. The van der Waals surface area contributed by atoms with Crippen LogP contribution in [0.4, 0.5) is 0 Å². The van der Waals surface area contributed by atoms with Crippen molar-refractivity contribution >= 4 is 22.8 Å². The first-order chi connectivity index (χ1) is 12.7. The van der Waals surface area contributed by atoms with Crippen molar-refractivity contribution in [2.45, 2.75) is 44.6 Å². The SMILES string of the molecule is Br.COc1ccc(C(=O)Cn2ccnc2C2C3CC4CC(C3)CC2C4)cc1. The number of imidazole rings is 1. The van der Waals surface area contributed by atoms with Gasteiger partial charge in [0.25, 0.3) is 0 Å². The molecule has 0 saturated heterocycles. The number of carbonyl (C=O) groups excluding carboxylic acids is 1. The molecule has 4 saturated carbocycles. The Balaban J connectivity index is 0.00000180. The van der Waals surface area contributed by atoms with Crippen LogP contribution in [0.2, 0.25) is 0 Å². The zero-order chi connectivity index (χ0) is 17.7. The van der Waals surface area contributed by atoms with Crippen molar-refractivity contribution in [2.75, 3.05) is 7.11 Å². The Morgan fingerprint density at radius 1 is 1.07 bits per heavy atom. The van der Waals surface area contributed by atoms with E-state index < -0.39 is 0 Å². The van der Waals surface area contributed by atoms with Crippen LogP contribution in [0.3, 0.4) is 0 Å². The van der Waals surface area contributed by atoms with Crippen LogP contribution in [0.25, 0.3) is 0 Å². The van der Waals surface area contributed by atoms with Crippen molar-refractivity contribution in [3.8, 4) is 5.75 Å². The number of rotatable bonds is 5. The van der Waals surface area contributed by atoms with Gasteiger partial charge in [-0.25, -0.2) is 4.98 Å². The van der Waals surface area contributed by atoms with E-state index in [1.165, 1.54) is 32.1 Å². The molecule has 1 aromatic carbocycles. The van der Waals surface area contributed by atoms with E-state index in [0.717, 1.165) is 40.8 Å². The van der Waals surface area contributed by atoms with E-state index >= 15 is 0 Å². The quantitative estimate of drug-likeness (QED) is 0.633. The van der Waals surface area contributed by atoms with Gasteiger partial charge in [0.05, 0.1) is 13.7 Å². The Morgan fingerprint density at radius 2 is 1.70 bits per heavy atom. The Kier molecular flexibility index (Phi) is 5.15. The Labute approximate surface area is 171 Å². The number of aromatic nitrogens is 2. The average Bonchev–Trinajstić information content (AvgIpc) is 3.09. The molecule has 144 valence electrons. The van der Waals surface area contributed by atoms with Gasteiger partial charge in [-0.2, -0.15) is 0 Å². The second-order valence-corrected chi connectivity index (χ2v) is 8.52. The second kappa shape index (κ2) is 7.42. The van der Waals surface area contributed by atoms with Crippen LogP contribution in [-0.2, 0) is 6.54 Å². The molecule has 0 amide bonds. The fraction of sp³-hybridized carbons (Fsp3) is 0.545. The minimum Gasteiger partial charge on any atom is -0.497 e. The number of hydrogen-bond acceptors (Lipinski definition) is 3. The molecule has 4 nitrogen and oxygen atoms in total. The zero-order valence-corrected chi connectivity index (χ0v) is 17.4. The van der Waals surface area contributed by atoms with Gasteiger partial charge in [0.1, 0.15) is 11.6 Å². The normalized spacial score (nSPS) is 30.8. The van der Waals surface area contributed by atoms with Gasteiger partial charge in [0, 0.05) is 23.9 Å². The maximum Gasteiger partial charge on any atom is 0.182 e. The molecular weight excluding hydrogens is 404 g/mol. The first-order valence-electron chi connectivity index (χ1n) is 9.89. The van der Waals surface area contributed by atoms with Crippen molar-refractivity contribution in [1.29, 1.82) is 0 Å². The van der Waals surface area contributed by atoms with Gasteiger partial charge in [0.15, 0.2) is 5.78 Å². The van der Waals surface area contributed by atoms with E-state index in [1.54, 1.807) is 7.11 Å². The van der Waals surface area contributed by atoms with Crippen molar-refractivity contribution in [2.24, 2.45) is 23.7 Å². The molecule has 4 fully saturated rings. The molecule has 6 rings (SSSR count). The Hall–Kier alpha value is -1.62. The highest BCUT2D eigenvalue weighted by atomic mass is 79.9. The first-order valence-corrected chi connectivity index (χ1v) is 9.89. The Morgan fingerprint density at radius 3 is 2.30 bits per heavy atom. The number of ketones is 1. The third-order valence-electron chi connectivity index (χ3n) is 7.00. The molecule has 27 heavy (non-hydrogen) atoms. The fourth-order valence-corrected chi connectivity index (χ4v) is 6.12. The summed E-state index contributed by atoms with van der Waals surface area (Å²) < 4.78 is 7.29. The molecule has 1 heterocycles. The number of Topliss-reactive ketones (excluding diaryl/α,β-unsaturated/α-hetero) is 1. The van der Waals surface area contributed by atoms with Gasteiger partial charge in [-0.3, -0.25) is 4.79 Å². The van der Waals surface area contributed by atoms with Crippen molar-refractivity contribution < 1.29 is 9.53 Å². The molecule has 0 radical (unpaired) electrons. The van der Waals surface area contributed by atoms with Crippen LogP contribution >= 0.6 is 17.0 Å². The number of methoxy groups -OCH3 is 1. The number of nitrogens with zero attached hydrogens (tertiary/aromatic N) is 2. The molecule has 5 heteroatoms. The van der Waals surface area contributed by atoms with Gasteiger partial charge in [-0.05, 0) is 80.0 Å². The highest BCUT2D eigenvalue weighted by Gasteiger charge is 2.49. The summed E-state index contributed by atoms with van der Waals surface area (Å²) >= 11 is 0. The molecule has 0 atom stereocenters. The standard InChI is InChI=1S/C22H26N2O2.BrH/c1-26-19-4-2-16(3-5-19)20(25)13-24-7-6-23-22(24)21-17-9-14-8-15(11-17)12-18(21)10-14;/h2-7,14-15,17-18,21H,8-13H2,1H3;1H. The summed E-state index contributed by atoms with van der Waals surface area (Å²) in [4.78, 5) is 17.5. The third-order valence-corrected chi connectivity index (χ3v) is 7.00. The molecule has 4 bridgehead atoms. The van der Waals surface area contributed by atoms with E-state index in [2.05, 4.69) is 4.57 Å². The lowest BCUT2D eigenvalue weighted by atomic mass is 9.51. The predicted molar refractivity (Wildman–Crippen MR) is 110 cm³/mol. The molecule has 4 aliphatic carbocycles. The van der Waals surface area contributed by atoms with Crippen LogP contribution in [0, 0.1) is 23.7 Å². The zero-order valence-electron chi connectivity index (χ0n) is 15.7. The summed E-state index contributed by atoms with van der Waals surface area (Å²) in [5, 5.41) is 0. The molecule has 0 N–H and O–H groups in total. The van der Waals surface area contributed by atoms with Crippen LogP contribution < -0.4 is 4.74 Å². The number of benzene rings is 1. The van der Waals surface area contributed by atoms with Crippen molar-refractivity contribution in [3.05, 3.63) is 48.0 Å². The summed E-state index contributed by atoms with van der Waals surface area (Å²) in [6.07, 6.45) is 10.8. The molecule has 2 aromatic rings. The van der Waals surface area contributed by atoms with Gasteiger partial charge >= 0.3 is 0 Å². The number of carbonyl (C=O) groups is 1. The van der Waals surface area contributed by atoms with E-state index in [1.807, 2.05) is 36.7 Å². The minimum atomic E-state index is 0. The number of hydrogen-bond donors (Lipinski definition) is 0. The van der Waals surface area contributed by atoms with Crippen molar-refractivity contribution in [1.82, 2.24) is 9.55 Å². The van der Waals surface area contributed by atoms with Gasteiger partial charge in [-0.15, -0.1) is 17.0 Å². The summed E-state index contributed by atoms with van der Waals surface area (Å²) in [6, 6.07) is 7.39. The monoisotopic (exact) mass is 430 g/mol. The molecule has 0 unspecified atom stereocenters. The lowest BCUT2D eigenvalue weighted by Gasteiger charge is -2.54. The second-order valence-electron chi connectivity index (χ2n) is 8.52.